The van der Waals surface area contributed by atoms with E-state index in [1.807, 2.05) is 33.8 Å². The van der Waals surface area contributed by atoms with Crippen LogP contribution < -0.4 is 10.6 Å². The van der Waals surface area contributed by atoms with E-state index >= 15 is 0 Å². The van der Waals surface area contributed by atoms with Crippen LogP contribution in [0.15, 0.2) is 24.3 Å². The topological polar surface area (TPSA) is 158 Å². The molecule has 0 spiro atoms. The van der Waals surface area contributed by atoms with Crippen LogP contribution in [0.4, 0.5) is 18.9 Å². The fraction of sp³-hybridized carbons (Fsp3) is 0.654. The lowest BCUT2D eigenvalue weighted by molar-refractivity contribution is -0.386. The van der Waals surface area contributed by atoms with Gasteiger partial charge in [0.25, 0.3) is 14.2 Å². The van der Waals surface area contributed by atoms with E-state index in [-0.39, 0.29) is 55.7 Å². The molecule has 0 saturated heterocycles. The van der Waals surface area contributed by atoms with Crippen LogP contribution in [0.25, 0.3) is 0 Å². The van der Waals surface area contributed by atoms with Crippen molar-refractivity contribution in [1.82, 2.24) is 15.3 Å². The summed E-state index contributed by atoms with van der Waals surface area (Å²) in [6, 6.07) is 7.75. The second-order valence-electron chi connectivity index (χ2n) is 10.3. The number of nitro benzene ring substituents is 1. The number of benzene rings is 1. The number of nitro groups is 1. The normalized spacial score (nSPS) is 14.8. The van der Waals surface area contributed by atoms with E-state index < -0.39 is 43.0 Å². The van der Waals surface area contributed by atoms with Crippen molar-refractivity contribution in [2.75, 3.05) is 13.1 Å². The second-order valence-corrected chi connectivity index (χ2v) is 11.5. The number of carbonyl (C=O) groups excluding carboxylic acids is 2. The maximum absolute atomic E-state index is 12.7. The lowest BCUT2D eigenvalue weighted by atomic mass is 9.75. The van der Waals surface area contributed by atoms with E-state index in [1.54, 1.807) is 23.0 Å². The standard InChI is InChI=1S/C26H39F3N5O6P/c1-18(2)33(19(3)4)41(39)40-22(14-15-30)25(5,20-11-8-9-12-21(20)34(37)38)17-32-23(35)13-7-6-10-16-31-24(36)26(27,28)29/h8-9,11-12,18-19,22,39H,6-7,10,13-14,16-17H2,1-5H3,(H,31,36)(H,32,35). The molecule has 3 N–H and O–H groups in total. The first-order valence-electron chi connectivity index (χ1n) is 13.2. The molecule has 0 bridgehead atoms. The Bertz CT molecular complexity index is 1060. The molecule has 2 amide bonds. The Balaban J connectivity index is 3.08. The van der Waals surface area contributed by atoms with Gasteiger partial charge in [-0.3, -0.25) is 19.7 Å². The number of rotatable bonds is 17. The number of para-hydroxylation sites is 1. The van der Waals surface area contributed by atoms with Gasteiger partial charge in [-0.1, -0.05) is 31.5 Å². The quantitative estimate of drug-likeness (QED) is 0.0985. The van der Waals surface area contributed by atoms with Crippen LogP contribution in [0.5, 0.6) is 0 Å². The zero-order valence-electron chi connectivity index (χ0n) is 23.9. The molecule has 3 unspecified atom stereocenters. The lowest BCUT2D eigenvalue weighted by Gasteiger charge is -2.40. The molecule has 11 nitrogen and oxygen atoms in total. The molecule has 41 heavy (non-hydrogen) atoms. The first-order valence-corrected chi connectivity index (χ1v) is 14.4. The van der Waals surface area contributed by atoms with Gasteiger partial charge in [-0.05, 0) is 40.5 Å². The minimum Gasteiger partial charge on any atom is -0.355 e. The SMILES string of the molecule is CC(C)N(C(C)C)P(O)OC(CC#N)C(C)(CNC(=O)CCCCCNC(=O)C(F)(F)F)c1ccccc1[N+](=O)[O-]. The highest BCUT2D eigenvalue weighted by Gasteiger charge is 2.44. The van der Waals surface area contributed by atoms with E-state index in [0.717, 1.165) is 0 Å². The number of nitrogens with zero attached hydrogens (tertiary/aromatic N) is 3. The molecule has 230 valence electrons. The number of hydrogen-bond acceptors (Lipinski definition) is 8. The molecular weight excluding hydrogens is 566 g/mol. The van der Waals surface area contributed by atoms with Gasteiger partial charge in [-0.15, -0.1) is 0 Å². The number of hydrogen-bond donors (Lipinski definition) is 3. The van der Waals surface area contributed by atoms with Gasteiger partial charge in [0.2, 0.25) is 5.91 Å². The first kappa shape index (κ1) is 36.2. The molecule has 0 heterocycles. The molecule has 0 saturated carbocycles. The van der Waals surface area contributed by atoms with Gasteiger partial charge in [-0.25, -0.2) is 4.67 Å². The second kappa shape index (κ2) is 16.6. The number of alkyl halides is 3. The monoisotopic (exact) mass is 605 g/mol. The van der Waals surface area contributed by atoms with Crippen LogP contribution in [0.1, 0.15) is 72.3 Å². The number of nitriles is 1. The third-order valence-electron chi connectivity index (χ3n) is 6.46. The number of carbonyl (C=O) groups is 2. The predicted octanol–water partition coefficient (Wildman–Crippen LogP) is 4.84. The third kappa shape index (κ3) is 11.2. The van der Waals surface area contributed by atoms with Crippen LogP contribution in [0, 0.1) is 21.4 Å². The van der Waals surface area contributed by atoms with Gasteiger partial charge in [-0.2, -0.15) is 18.4 Å². The number of nitrogens with one attached hydrogen (secondary N) is 2. The Morgan fingerprint density at radius 1 is 1.15 bits per heavy atom. The highest BCUT2D eigenvalue weighted by atomic mass is 31.2. The highest BCUT2D eigenvalue weighted by molar-refractivity contribution is 7.43. The van der Waals surface area contributed by atoms with Crippen molar-refractivity contribution in [1.29, 1.82) is 5.26 Å². The smallest absolute Gasteiger partial charge is 0.355 e. The summed E-state index contributed by atoms with van der Waals surface area (Å²) in [5, 5.41) is 26.0. The first-order chi connectivity index (χ1) is 19.1. The number of unbranched alkanes of at least 4 members (excludes halogenated alkanes) is 2. The van der Waals surface area contributed by atoms with Gasteiger partial charge >= 0.3 is 12.1 Å². The van der Waals surface area contributed by atoms with Gasteiger partial charge in [0.05, 0.1) is 23.5 Å². The molecule has 0 aliphatic heterocycles. The molecule has 15 heteroatoms. The average Bonchev–Trinajstić information content (AvgIpc) is 2.87. The summed E-state index contributed by atoms with van der Waals surface area (Å²) in [4.78, 5) is 45.9. The Labute approximate surface area is 239 Å². The van der Waals surface area contributed by atoms with Crippen molar-refractivity contribution in [2.24, 2.45) is 0 Å². The Kier molecular flexibility index (Phi) is 14.6. The Morgan fingerprint density at radius 2 is 1.76 bits per heavy atom. The molecule has 0 aliphatic rings. The summed E-state index contributed by atoms with van der Waals surface area (Å²) in [6.07, 6.45) is -5.26. The lowest BCUT2D eigenvalue weighted by Crippen LogP contribution is -2.48. The van der Waals surface area contributed by atoms with Crippen molar-refractivity contribution in [2.45, 2.75) is 96.5 Å². The van der Waals surface area contributed by atoms with Crippen LogP contribution in [-0.2, 0) is 19.5 Å². The largest absolute Gasteiger partial charge is 0.471 e. The van der Waals surface area contributed by atoms with E-state index in [4.69, 9.17) is 4.52 Å². The minimum absolute atomic E-state index is 0.0190. The molecule has 1 rings (SSSR count). The average molecular weight is 606 g/mol. The van der Waals surface area contributed by atoms with Gasteiger partial charge < -0.3 is 20.1 Å². The summed E-state index contributed by atoms with van der Waals surface area (Å²) in [5.74, 6) is -2.43. The molecule has 3 atom stereocenters. The molecule has 0 fully saturated rings. The van der Waals surface area contributed by atoms with Crippen LogP contribution in [0.3, 0.4) is 0 Å². The molecular formula is C26H39F3N5O6P. The zero-order chi connectivity index (χ0) is 31.4. The van der Waals surface area contributed by atoms with Gasteiger partial charge in [0, 0.05) is 48.6 Å². The molecule has 0 aliphatic carbocycles. The fourth-order valence-corrected chi connectivity index (χ4v) is 5.81. The van der Waals surface area contributed by atoms with E-state index in [0.29, 0.717) is 12.8 Å². The van der Waals surface area contributed by atoms with Crippen LogP contribution >= 0.6 is 8.53 Å². The van der Waals surface area contributed by atoms with Crippen LogP contribution in [0.2, 0.25) is 0 Å². The third-order valence-corrected chi connectivity index (χ3v) is 8.22. The Hall–Kier alpha value is -2.85. The minimum atomic E-state index is -4.95. The molecule has 1 aromatic carbocycles. The van der Waals surface area contributed by atoms with Crippen molar-refractivity contribution >= 4 is 26.0 Å². The predicted molar refractivity (Wildman–Crippen MR) is 147 cm³/mol. The van der Waals surface area contributed by atoms with Crippen molar-refractivity contribution in [3.8, 4) is 6.07 Å². The molecule has 1 aromatic rings. The summed E-state index contributed by atoms with van der Waals surface area (Å²) in [7, 11) is -2.21. The van der Waals surface area contributed by atoms with E-state index in [9.17, 15) is 43.0 Å². The van der Waals surface area contributed by atoms with Gasteiger partial charge in [0.1, 0.15) is 0 Å². The maximum atomic E-state index is 12.7. The van der Waals surface area contributed by atoms with Gasteiger partial charge in [0.15, 0.2) is 0 Å². The number of halogens is 3. The van der Waals surface area contributed by atoms with Crippen molar-refractivity contribution in [3.63, 3.8) is 0 Å². The van der Waals surface area contributed by atoms with Crippen molar-refractivity contribution < 1.29 is 37.1 Å². The number of amides is 2. The summed E-state index contributed by atoms with van der Waals surface area (Å²) < 4.78 is 44.5. The fourth-order valence-electron chi connectivity index (χ4n) is 4.38. The van der Waals surface area contributed by atoms with Crippen LogP contribution in [-0.4, -0.2) is 63.8 Å². The molecule has 0 aromatic heterocycles. The Morgan fingerprint density at radius 3 is 2.29 bits per heavy atom. The maximum Gasteiger partial charge on any atom is 0.471 e. The highest BCUT2D eigenvalue weighted by Crippen LogP contribution is 2.47. The summed E-state index contributed by atoms with van der Waals surface area (Å²) in [6.45, 7) is 8.78. The molecule has 0 radical (unpaired) electrons. The van der Waals surface area contributed by atoms with Crippen molar-refractivity contribution in [3.05, 3.63) is 39.9 Å². The summed E-state index contributed by atoms with van der Waals surface area (Å²) in [5.41, 5.74) is -1.32. The summed E-state index contributed by atoms with van der Waals surface area (Å²) >= 11 is 0. The van der Waals surface area contributed by atoms with E-state index in [1.165, 1.54) is 18.2 Å². The van der Waals surface area contributed by atoms with E-state index in [2.05, 4.69) is 5.32 Å². The zero-order valence-corrected chi connectivity index (χ0v) is 24.8.